The van der Waals surface area contributed by atoms with E-state index in [9.17, 15) is 9.59 Å². The molecule has 1 aliphatic heterocycles. The van der Waals surface area contributed by atoms with E-state index in [1.165, 1.54) is 5.56 Å². The van der Waals surface area contributed by atoms with Crippen molar-refractivity contribution in [1.82, 2.24) is 9.80 Å². The third-order valence-corrected chi connectivity index (χ3v) is 4.65. The van der Waals surface area contributed by atoms with Gasteiger partial charge in [0.1, 0.15) is 0 Å². The molecule has 0 N–H and O–H groups in total. The first-order valence-electron chi connectivity index (χ1n) is 8.71. The summed E-state index contributed by atoms with van der Waals surface area (Å²) in [4.78, 5) is 28.4. The minimum Gasteiger partial charge on any atom is -0.339 e. The molecule has 1 aromatic carbocycles. The number of rotatable bonds is 4. The van der Waals surface area contributed by atoms with E-state index in [1.54, 1.807) is 0 Å². The molecule has 124 valence electrons. The van der Waals surface area contributed by atoms with Gasteiger partial charge in [-0.15, -0.1) is 0 Å². The van der Waals surface area contributed by atoms with E-state index in [2.05, 4.69) is 26.0 Å². The van der Waals surface area contributed by atoms with E-state index < -0.39 is 0 Å². The minimum absolute atomic E-state index is 0.0830. The van der Waals surface area contributed by atoms with E-state index in [4.69, 9.17) is 0 Å². The van der Waals surface area contributed by atoms with Gasteiger partial charge in [0.2, 0.25) is 5.91 Å². The Balaban J connectivity index is 1.55. The fraction of sp³-hybridized carbons (Fsp3) is 0.579. The molecule has 4 heteroatoms. The molecule has 4 nitrogen and oxygen atoms in total. The molecular formula is C19H26N2O2. The van der Waals surface area contributed by atoms with Crippen LogP contribution in [0.1, 0.15) is 42.6 Å². The van der Waals surface area contributed by atoms with Crippen LogP contribution < -0.4 is 0 Å². The van der Waals surface area contributed by atoms with Crippen molar-refractivity contribution in [3.63, 3.8) is 0 Å². The molecule has 0 unspecified atom stereocenters. The quantitative estimate of drug-likeness (QED) is 0.857. The maximum Gasteiger partial charge on any atom is 0.253 e. The normalized spacial score (nSPS) is 18.4. The molecule has 0 bridgehead atoms. The van der Waals surface area contributed by atoms with E-state index in [0.29, 0.717) is 32.1 Å². The van der Waals surface area contributed by atoms with Gasteiger partial charge in [-0.25, -0.2) is 0 Å². The van der Waals surface area contributed by atoms with Crippen LogP contribution in [0.15, 0.2) is 24.3 Å². The molecule has 1 saturated carbocycles. The Morgan fingerprint density at radius 3 is 2.09 bits per heavy atom. The highest BCUT2D eigenvalue weighted by Gasteiger charge is 2.35. The van der Waals surface area contributed by atoms with E-state index in [-0.39, 0.29) is 17.7 Å². The highest BCUT2D eigenvalue weighted by atomic mass is 16.2. The van der Waals surface area contributed by atoms with E-state index in [1.807, 2.05) is 21.9 Å². The second kappa shape index (κ2) is 6.73. The first-order valence-corrected chi connectivity index (χ1v) is 8.71. The fourth-order valence-corrected chi connectivity index (χ4v) is 3.16. The van der Waals surface area contributed by atoms with Crippen molar-refractivity contribution in [2.75, 3.05) is 26.2 Å². The lowest BCUT2D eigenvalue weighted by molar-refractivity contribution is -0.134. The lowest BCUT2D eigenvalue weighted by atomic mass is 10.0. The average Bonchev–Trinajstić information content (AvgIpc) is 3.39. The smallest absolute Gasteiger partial charge is 0.253 e. The summed E-state index contributed by atoms with van der Waals surface area (Å²) in [5.41, 5.74) is 2.02. The maximum absolute atomic E-state index is 12.6. The van der Waals surface area contributed by atoms with Gasteiger partial charge in [0.25, 0.3) is 5.91 Å². The van der Waals surface area contributed by atoms with Gasteiger partial charge in [0.05, 0.1) is 0 Å². The van der Waals surface area contributed by atoms with Gasteiger partial charge in [-0.3, -0.25) is 9.59 Å². The SMILES string of the molecule is CC(C)Cc1ccc(C(=O)N2CCN(C(=O)C3CC3)CC2)cc1. The summed E-state index contributed by atoms with van der Waals surface area (Å²) in [6.45, 7) is 7.03. The van der Waals surface area contributed by atoms with Crippen LogP contribution in [0.3, 0.4) is 0 Å². The lowest BCUT2D eigenvalue weighted by Gasteiger charge is -2.35. The highest BCUT2D eigenvalue weighted by Crippen LogP contribution is 2.31. The summed E-state index contributed by atoms with van der Waals surface area (Å²) in [6, 6.07) is 7.98. The van der Waals surface area contributed by atoms with Crippen LogP contribution in [0, 0.1) is 11.8 Å². The van der Waals surface area contributed by atoms with Gasteiger partial charge in [-0.05, 0) is 42.9 Å². The summed E-state index contributed by atoms with van der Waals surface area (Å²) in [6.07, 6.45) is 3.12. The van der Waals surface area contributed by atoms with Crippen molar-refractivity contribution < 1.29 is 9.59 Å². The summed E-state index contributed by atoms with van der Waals surface area (Å²) in [5, 5.41) is 0. The Morgan fingerprint density at radius 1 is 1.00 bits per heavy atom. The van der Waals surface area contributed by atoms with Gasteiger partial charge in [0, 0.05) is 37.7 Å². The summed E-state index contributed by atoms with van der Waals surface area (Å²) >= 11 is 0. The predicted octanol–water partition coefficient (Wildman–Crippen LogP) is 2.58. The first-order chi connectivity index (χ1) is 11.0. The van der Waals surface area contributed by atoms with Gasteiger partial charge >= 0.3 is 0 Å². The third kappa shape index (κ3) is 3.92. The van der Waals surface area contributed by atoms with E-state index in [0.717, 1.165) is 24.8 Å². The van der Waals surface area contributed by atoms with Crippen LogP contribution in [0.4, 0.5) is 0 Å². The molecule has 3 rings (SSSR count). The standard InChI is InChI=1S/C19H26N2O2/c1-14(2)13-15-3-5-16(6-4-15)18(22)20-9-11-21(12-10-20)19(23)17-7-8-17/h3-6,14,17H,7-13H2,1-2H3. The molecule has 23 heavy (non-hydrogen) atoms. The molecule has 1 aromatic rings. The molecule has 2 aliphatic rings. The zero-order valence-electron chi connectivity index (χ0n) is 14.1. The number of benzene rings is 1. The zero-order valence-corrected chi connectivity index (χ0v) is 14.1. The molecule has 1 saturated heterocycles. The Kier molecular flexibility index (Phi) is 4.69. The molecule has 0 radical (unpaired) electrons. The Morgan fingerprint density at radius 2 is 1.57 bits per heavy atom. The van der Waals surface area contributed by atoms with Crippen molar-refractivity contribution in [3.8, 4) is 0 Å². The molecular weight excluding hydrogens is 288 g/mol. The Bertz CT molecular complexity index is 568. The molecule has 0 spiro atoms. The van der Waals surface area contributed by atoms with Crippen LogP contribution >= 0.6 is 0 Å². The van der Waals surface area contributed by atoms with E-state index >= 15 is 0 Å². The highest BCUT2D eigenvalue weighted by molar-refractivity contribution is 5.94. The largest absolute Gasteiger partial charge is 0.339 e. The summed E-state index contributed by atoms with van der Waals surface area (Å²) in [5.74, 6) is 1.26. The number of nitrogens with zero attached hydrogens (tertiary/aromatic N) is 2. The molecule has 1 heterocycles. The predicted molar refractivity (Wildman–Crippen MR) is 90.2 cm³/mol. The molecule has 0 aromatic heterocycles. The molecule has 0 atom stereocenters. The maximum atomic E-state index is 12.6. The van der Waals surface area contributed by atoms with Gasteiger partial charge < -0.3 is 9.80 Å². The lowest BCUT2D eigenvalue weighted by Crippen LogP contribution is -2.51. The van der Waals surface area contributed by atoms with Crippen LogP contribution in [-0.2, 0) is 11.2 Å². The number of hydrogen-bond donors (Lipinski definition) is 0. The third-order valence-electron chi connectivity index (χ3n) is 4.65. The van der Waals surface area contributed by atoms with Crippen LogP contribution in [-0.4, -0.2) is 47.8 Å². The number of amides is 2. The second-order valence-electron chi connectivity index (χ2n) is 7.19. The van der Waals surface area contributed by atoms with Gasteiger partial charge in [-0.1, -0.05) is 26.0 Å². The van der Waals surface area contributed by atoms with Gasteiger partial charge in [-0.2, -0.15) is 0 Å². The van der Waals surface area contributed by atoms with Gasteiger partial charge in [0.15, 0.2) is 0 Å². The Hall–Kier alpha value is -1.84. The number of hydrogen-bond acceptors (Lipinski definition) is 2. The average molecular weight is 314 g/mol. The van der Waals surface area contributed by atoms with Crippen LogP contribution in [0.25, 0.3) is 0 Å². The minimum atomic E-state index is 0.0830. The fourth-order valence-electron chi connectivity index (χ4n) is 3.16. The molecule has 1 aliphatic carbocycles. The van der Waals surface area contributed by atoms with Crippen molar-refractivity contribution in [3.05, 3.63) is 35.4 Å². The molecule has 2 fully saturated rings. The summed E-state index contributed by atoms with van der Waals surface area (Å²) in [7, 11) is 0. The van der Waals surface area contributed by atoms with Crippen molar-refractivity contribution >= 4 is 11.8 Å². The number of carbonyl (C=O) groups is 2. The summed E-state index contributed by atoms with van der Waals surface area (Å²) < 4.78 is 0. The van der Waals surface area contributed by atoms with Crippen LogP contribution in [0.5, 0.6) is 0 Å². The first kappa shape index (κ1) is 16.0. The zero-order chi connectivity index (χ0) is 16.4. The number of carbonyl (C=O) groups excluding carboxylic acids is 2. The van der Waals surface area contributed by atoms with Crippen molar-refractivity contribution in [2.45, 2.75) is 33.1 Å². The van der Waals surface area contributed by atoms with Crippen molar-refractivity contribution in [1.29, 1.82) is 0 Å². The van der Waals surface area contributed by atoms with Crippen LogP contribution in [0.2, 0.25) is 0 Å². The Labute approximate surface area is 138 Å². The molecule has 2 amide bonds. The topological polar surface area (TPSA) is 40.6 Å². The monoisotopic (exact) mass is 314 g/mol. The second-order valence-corrected chi connectivity index (χ2v) is 7.19. The number of piperazine rings is 1. The van der Waals surface area contributed by atoms with Crippen molar-refractivity contribution in [2.24, 2.45) is 11.8 Å².